The van der Waals surface area contributed by atoms with Gasteiger partial charge in [0.15, 0.2) is 0 Å². The molecule has 0 bridgehead atoms. The summed E-state index contributed by atoms with van der Waals surface area (Å²) in [6.45, 7) is 2.01. The molecule has 0 spiro atoms. The van der Waals surface area contributed by atoms with Crippen molar-refractivity contribution in [3.05, 3.63) is 59.9 Å². The Morgan fingerprint density at radius 2 is 1.68 bits per heavy atom. The topological polar surface area (TPSA) is 62.3 Å². The van der Waals surface area contributed by atoms with Crippen molar-refractivity contribution in [3.8, 4) is 0 Å². The Morgan fingerprint density at radius 1 is 1.05 bits per heavy atom. The Kier molecular flexibility index (Phi) is 5.25. The van der Waals surface area contributed by atoms with E-state index in [1.807, 2.05) is 36.4 Å². The number of nitrogens with one attached hydrogen (secondary N) is 1. The SMILES string of the molecule is CC(=O)N(C)c1ccc(CC(=O)NCc2ccncc2)cc1. The predicted octanol–water partition coefficient (Wildman–Crippen LogP) is 1.92. The molecule has 5 nitrogen and oxygen atoms in total. The van der Waals surface area contributed by atoms with E-state index in [4.69, 9.17) is 0 Å². The highest BCUT2D eigenvalue weighted by molar-refractivity contribution is 5.90. The summed E-state index contributed by atoms with van der Waals surface area (Å²) in [6, 6.07) is 11.1. The maximum Gasteiger partial charge on any atom is 0.224 e. The zero-order valence-electron chi connectivity index (χ0n) is 12.7. The van der Waals surface area contributed by atoms with Gasteiger partial charge in [0.2, 0.25) is 11.8 Å². The average molecular weight is 297 g/mol. The van der Waals surface area contributed by atoms with Crippen LogP contribution in [0.2, 0.25) is 0 Å². The number of benzene rings is 1. The fraction of sp³-hybridized carbons (Fsp3) is 0.235. The van der Waals surface area contributed by atoms with Crippen molar-refractivity contribution in [2.75, 3.05) is 11.9 Å². The molecule has 114 valence electrons. The second-order valence-corrected chi connectivity index (χ2v) is 5.05. The Balaban J connectivity index is 1.88. The fourth-order valence-electron chi connectivity index (χ4n) is 1.97. The normalized spacial score (nSPS) is 10.1. The zero-order valence-corrected chi connectivity index (χ0v) is 12.7. The second-order valence-electron chi connectivity index (χ2n) is 5.05. The molecule has 1 aromatic heterocycles. The largest absolute Gasteiger partial charge is 0.352 e. The molecule has 0 aliphatic rings. The summed E-state index contributed by atoms with van der Waals surface area (Å²) < 4.78 is 0. The van der Waals surface area contributed by atoms with Crippen LogP contribution in [0.3, 0.4) is 0 Å². The first kappa shape index (κ1) is 15.7. The molecule has 0 aliphatic heterocycles. The molecule has 22 heavy (non-hydrogen) atoms. The van der Waals surface area contributed by atoms with Gasteiger partial charge in [0.25, 0.3) is 0 Å². The number of carbonyl (C=O) groups is 2. The monoisotopic (exact) mass is 297 g/mol. The predicted molar refractivity (Wildman–Crippen MR) is 85.3 cm³/mol. The first-order valence-corrected chi connectivity index (χ1v) is 7.05. The van der Waals surface area contributed by atoms with Crippen molar-refractivity contribution >= 4 is 17.5 Å². The van der Waals surface area contributed by atoms with Crippen LogP contribution in [0.15, 0.2) is 48.8 Å². The molecule has 1 N–H and O–H groups in total. The van der Waals surface area contributed by atoms with Crippen LogP contribution in [0.5, 0.6) is 0 Å². The van der Waals surface area contributed by atoms with Crippen molar-refractivity contribution in [1.29, 1.82) is 0 Å². The van der Waals surface area contributed by atoms with Crippen LogP contribution >= 0.6 is 0 Å². The van der Waals surface area contributed by atoms with E-state index in [0.29, 0.717) is 13.0 Å². The maximum absolute atomic E-state index is 11.9. The molecule has 1 aromatic carbocycles. The van der Waals surface area contributed by atoms with E-state index in [0.717, 1.165) is 16.8 Å². The highest BCUT2D eigenvalue weighted by atomic mass is 16.2. The Hall–Kier alpha value is -2.69. The molecule has 0 fully saturated rings. The lowest BCUT2D eigenvalue weighted by atomic mass is 10.1. The molecular formula is C17H19N3O2. The summed E-state index contributed by atoms with van der Waals surface area (Å²) in [7, 11) is 1.72. The molecule has 2 aromatic rings. The number of nitrogens with zero attached hydrogens (tertiary/aromatic N) is 2. The van der Waals surface area contributed by atoms with Crippen LogP contribution in [0.25, 0.3) is 0 Å². The summed E-state index contributed by atoms with van der Waals surface area (Å²) in [5.41, 5.74) is 2.74. The van der Waals surface area contributed by atoms with Crippen LogP contribution in [0.1, 0.15) is 18.1 Å². The highest BCUT2D eigenvalue weighted by Crippen LogP contribution is 2.14. The number of pyridine rings is 1. The van der Waals surface area contributed by atoms with Gasteiger partial charge in [-0.15, -0.1) is 0 Å². The molecule has 0 unspecified atom stereocenters. The molecule has 1 heterocycles. The summed E-state index contributed by atoms with van der Waals surface area (Å²) in [5, 5.41) is 2.87. The van der Waals surface area contributed by atoms with Gasteiger partial charge < -0.3 is 10.2 Å². The molecular weight excluding hydrogens is 278 g/mol. The molecule has 5 heteroatoms. The quantitative estimate of drug-likeness (QED) is 0.917. The van der Waals surface area contributed by atoms with E-state index in [1.165, 1.54) is 6.92 Å². The molecule has 0 saturated heterocycles. The van der Waals surface area contributed by atoms with E-state index in [9.17, 15) is 9.59 Å². The number of hydrogen-bond donors (Lipinski definition) is 1. The smallest absolute Gasteiger partial charge is 0.224 e. The van der Waals surface area contributed by atoms with E-state index >= 15 is 0 Å². The van der Waals surface area contributed by atoms with Crippen molar-refractivity contribution in [2.24, 2.45) is 0 Å². The van der Waals surface area contributed by atoms with Crippen molar-refractivity contribution in [2.45, 2.75) is 19.9 Å². The summed E-state index contributed by atoms with van der Waals surface area (Å²) >= 11 is 0. The van der Waals surface area contributed by atoms with Gasteiger partial charge in [-0.2, -0.15) is 0 Å². The fourth-order valence-corrected chi connectivity index (χ4v) is 1.97. The van der Waals surface area contributed by atoms with Gasteiger partial charge in [-0.1, -0.05) is 12.1 Å². The number of aromatic nitrogens is 1. The third-order valence-corrected chi connectivity index (χ3v) is 3.40. The van der Waals surface area contributed by atoms with E-state index in [1.54, 1.807) is 24.3 Å². The molecule has 0 atom stereocenters. The van der Waals surface area contributed by atoms with Gasteiger partial charge in [0, 0.05) is 38.6 Å². The van der Waals surface area contributed by atoms with Crippen LogP contribution in [0.4, 0.5) is 5.69 Å². The van der Waals surface area contributed by atoms with Gasteiger partial charge in [-0.05, 0) is 35.4 Å². The minimum absolute atomic E-state index is 0.0251. The number of rotatable bonds is 5. The third-order valence-electron chi connectivity index (χ3n) is 3.40. The van der Waals surface area contributed by atoms with Gasteiger partial charge >= 0.3 is 0 Å². The lowest BCUT2D eigenvalue weighted by molar-refractivity contribution is -0.120. The molecule has 0 radical (unpaired) electrons. The van der Waals surface area contributed by atoms with Crippen molar-refractivity contribution < 1.29 is 9.59 Å². The number of amides is 2. The standard InChI is InChI=1S/C17H19N3O2/c1-13(21)20(2)16-5-3-14(4-6-16)11-17(22)19-12-15-7-9-18-10-8-15/h3-10H,11-12H2,1-2H3,(H,19,22). The van der Waals surface area contributed by atoms with Crippen LogP contribution in [-0.2, 0) is 22.6 Å². The van der Waals surface area contributed by atoms with Crippen molar-refractivity contribution in [1.82, 2.24) is 10.3 Å². The maximum atomic E-state index is 11.9. The van der Waals surface area contributed by atoms with Gasteiger partial charge in [0.05, 0.1) is 6.42 Å². The van der Waals surface area contributed by atoms with Gasteiger partial charge in [0.1, 0.15) is 0 Å². The highest BCUT2D eigenvalue weighted by Gasteiger charge is 2.07. The summed E-state index contributed by atoms with van der Waals surface area (Å²) in [4.78, 5) is 28.7. The van der Waals surface area contributed by atoms with Gasteiger partial charge in [-0.25, -0.2) is 0 Å². The lowest BCUT2D eigenvalue weighted by Gasteiger charge is -2.15. The zero-order chi connectivity index (χ0) is 15.9. The first-order valence-electron chi connectivity index (χ1n) is 7.05. The average Bonchev–Trinajstić information content (AvgIpc) is 2.54. The minimum atomic E-state index is -0.0375. The van der Waals surface area contributed by atoms with E-state index in [-0.39, 0.29) is 11.8 Å². The van der Waals surface area contributed by atoms with E-state index < -0.39 is 0 Å². The van der Waals surface area contributed by atoms with Crippen LogP contribution in [0, 0.1) is 0 Å². The molecule has 0 aliphatic carbocycles. The first-order chi connectivity index (χ1) is 10.6. The number of carbonyl (C=O) groups excluding carboxylic acids is 2. The number of anilines is 1. The number of hydrogen-bond acceptors (Lipinski definition) is 3. The van der Waals surface area contributed by atoms with Crippen LogP contribution < -0.4 is 10.2 Å². The molecule has 2 amide bonds. The summed E-state index contributed by atoms with van der Waals surface area (Å²) in [6.07, 6.45) is 3.71. The third kappa shape index (κ3) is 4.41. The summed E-state index contributed by atoms with van der Waals surface area (Å²) in [5.74, 6) is -0.0627. The van der Waals surface area contributed by atoms with E-state index in [2.05, 4.69) is 10.3 Å². The minimum Gasteiger partial charge on any atom is -0.352 e. The van der Waals surface area contributed by atoms with Gasteiger partial charge in [-0.3, -0.25) is 14.6 Å². The molecule has 0 saturated carbocycles. The Morgan fingerprint density at radius 3 is 2.27 bits per heavy atom. The molecule has 2 rings (SSSR count). The Labute approximate surface area is 130 Å². The lowest BCUT2D eigenvalue weighted by Crippen LogP contribution is -2.25. The van der Waals surface area contributed by atoms with Crippen LogP contribution in [-0.4, -0.2) is 23.8 Å². The second kappa shape index (κ2) is 7.36. The Bertz CT molecular complexity index is 639. The van der Waals surface area contributed by atoms with Crippen molar-refractivity contribution in [3.63, 3.8) is 0 Å².